The maximum Gasteiger partial charge on any atom is 0.342 e. The number of aromatic nitrogens is 1. The quantitative estimate of drug-likeness (QED) is 0.619. The summed E-state index contributed by atoms with van der Waals surface area (Å²) < 4.78 is 9.92. The Morgan fingerprint density at radius 3 is 2.12 bits per heavy atom. The van der Waals surface area contributed by atoms with Crippen LogP contribution in [0.2, 0.25) is 5.15 Å². The van der Waals surface area contributed by atoms with Gasteiger partial charge in [0.2, 0.25) is 0 Å². The molecular formula is C17H17ClN2O5. The molecule has 0 aliphatic carbocycles. The van der Waals surface area contributed by atoms with Crippen LogP contribution in [0.25, 0.3) is 11.3 Å². The van der Waals surface area contributed by atoms with Crippen LogP contribution in [0, 0.1) is 0 Å². The summed E-state index contributed by atoms with van der Waals surface area (Å²) in [6.07, 6.45) is 0. The number of ether oxygens (including phenoxy) is 2. The highest BCUT2D eigenvalue weighted by Crippen LogP contribution is 2.34. The predicted octanol–water partition coefficient (Wildman–Crippen LogP) is 3.04. The topological polar surface area (TPSA) is 112 Å². The zero-order valence-corrected chi connectivity index (χ0v) is 14.5. The molecule has 0 aliphatic heterocycles. The van der Waals surface area contributed by atoms with E-state index < -0.39 is 11.9 Å². The van der Waals surface area contributed by atoms with Crippen LogP contribution in [0.4, 0.5) is 5.69 Å². The van der Waals surface area contributed by atoms with E-state index in [4.69, 9.17) is 26.8 Å². The molecule has 0 atom stereocenters. The number of nitrogens with zero attached hydrogens (tertiary/aromatic N) is 1. The summed E-state index contributed by atoms with van der Waals surface area (Å²) in [6, 6.07) is 5.99. The van der Waals surface area contributed by atoms with Gasteiger partial charge in [-0.3, -0.25) is 0 Å². The lowest BCUT2D eigenvalue weighted by atomic mass is 10.0. The number of halogens is 1. The molecule has 2 aromatic rings. The molecule has 3 N–H and O–H groups in total. The number of esters is 2. The summed E-state index contributed by atoms with van der Waals surface area (Å²) in [7, 11) is 0. The van der Waals surface area contributed by atoms with Crippen LogP contribution in [0.3, 0.4) is 0 Å². The Balaban J connectivity index is 2.71. The minimum Gasteiger partial charge on any atom is -0.508 e. The van der Waals surface area contributed by atoms with Gasteiger partial charge in [-0.05, 0) is 38.1 Å². The number of rotatable bonds is 5. The molecule has 0 unspecified atom stereocenters. The van der Waals surface area contributed by atoms with Crippen molar-refractivity contribution < 1.29 is 24.2 Å². The average molecular weight is 365 g/mol. The van der Waals surface area contributed by atoms with E-state index in [1.165, 1.54) is 12.1 Å². The van der Waals surface area contributed by atoms with Gasteiger partial charge >= 0.3 is 11.9 Å². The second kappa shape index (κ2) is 7.85. The van der Waals surface area contributed by atoms with E-state index >= 15 is 0 Å². The van der Waals surface area contributed by atoms with E-state index in [1.54, 1.807) is 26.0 Å². The molecule has 25 heavy (non-hydrogen) atoms. The lowest BCUT2D eigenvalue weighted by Crippen LogP contribution is -2.18. The number of phenolic OH excluding ortho intramolecular Hbond substituents is 1. The number of hydrogen-bond acceptors (Lipinski definition) is 7. The maximum atomic E-state index is 12.3. The van der Waals surface area contributed by atoms with Gasteiger partial charge in [-0.15, -0.1) is 0 Å². The minimum absolute atomic E-state index is 0.0576. The molecule has 8 heteroatoms. The highest BCUT2D eigenvalue weighted by molar-refractivity contribution is 6.34. The first-order chi connectivity index (χ1) is 11.9. The molecule has 1 aromatic carbocycles. The number of benzene rings is 1. The van der Waals surface area contributed by atoms with Gasteiger partial charge in [0.25, 0.3) is 0 Å². The number of nitrogens with two attached hydrogens (primary N) is 1. The first-order valence-electron chi connectivity index (χ1n) is 7.53. The fourth-order valence-electron chi connectivity index (χ4n) is 2.21. The van der Waals surface area contributed by atoms with Crippen LogP contribution >= 0.6 is 11.6 Å². The molecule has 0 amide bonds. The molecule has 0 bridgehead atoms. The molecule has 1 heterocycles. The Kier molecular flexibility index (Phi) is 5.82. The van der Waals surface area contributed by atoms with Gasteiger partial charge in [0.05, 0.1) is 24.6 Å². The van der Waals surface area contributed by atoms with Crippen LogP contribution < -0.4 is 5.73 Å². The molecule has 0 fully saturated rings. The Hall–Kier alpha value is -2.80. The van der Waals surface area contributed by atoms with Crippen LogP contribution in [0.15, 0.2) is 24.3 Å². The summed E-state index contributed by atoms with van der Waals surface area (Å²) in [5.41, 5.74) is 6.32. The Bertz CT molecular complexity index is 806. The van der Waals surface area contributed by atoms with E-state index in [0.717, 1.165) is 0 Å². The number of phenols is 1. The zero-order valence-electron chi connectivity index (χ0n) is 13.7. The summed E-state index contributed by atoms with van der Waals surface area (Å²) in [6.45, 7) is 3.44. The fraction of sp³-hybridized carbons (Fsp3) is 0.235. The summed E-state index contributed by atoms with van der Waals surface area (Å²) in [5, 5.41) is 9.18. The lowest BCUT2D eigenvalue weighted by Gasteiger charge is -2.15. The van der Waals surface area contributed by atoms with Gasteiger partial charge in [0.1, 0.15) is 22.0 Å². The molecule has 0 radical (unpaired) electrons. The van der Waals surface area contributed by atoms with E-state index in [2.05, 4.69) is 4.98 Å². The average Bonchev–Trinajstić information content (AvgIpc) is 2.57. The van der Waals surface area contributed by atoms with Crippen molar-refractivity contribution in [2.45, 2.75) is 13.8 Å². The molecule has 0 saturated carbocycles. The third-order valence-corrected chi connectivity index (χ3v) is 3.56. The Morgan fingerprint density at radius 2 is 1.60 bits per heavy atom. The number of hydrogen-bond donors (Lipinski definition) is 2. The number of pyridine rings is 1. The number of carbonyl (C=O) groups excluding carboxylic acids is 2. The first-order valence-corrected chi connectivity index (χ1v) is 7.91. The molecule has 132 valence electrons. The van der Waals surface area contributed by atoms with Gasteiger partial charge in [0, 0.05) is 5.56 Å². The largest absolute Gasteiger partial charge is 0.508 e. The van der Waals surface area contributed by atoms with Crippen molar-refractivity contribution in [1.29, 1.82) is 0 Å². The number of nitrogen functional groups attached to an aromatic ring is 1. The molecule has 0 saturated heterocycles. The van der Waals surface area contributed by atoms with Crippen LogP contribution in [-0.2, 0) is 9.47 Å². The predicted molar refractivity (Wildman–Crippen MR) is 92.7 cm³/mol. The van der Waals surface area contributed by atoms with Gasteiger partial charge in [-0.2, -0.15) is 0 Å². The molecule has 7 nitrogen and oxygen atoms in total. The monoisotopic (exact) mass is 364 g/mol. The van der Waals surface area contributed by atoms with Gasteiger partial charge < -0.3 is 20.3 Å². The third-order valence-electron chi connectivity index (χ3n) is 3.29. The lowest BCUT2D eigenvalue weighted by molar-refractivity contribution is 0.0479. The van der Waals surface area contributed by atoms with Gasteiger partial charge in [-0.1, -0.05) is 11.6 Å². The smallest absolute Gasteiger partial charge is 0.342 e. The van der Waals surface area contributed by atoms with Crippen molar-refractivity contribution in [3.8, 4) is 17.0 Å². The van der Waals surface area contributed by atoms with Crippen molar-refractivity contribution in [2.75, 3.05) is 18.9 Å². The van der Waals surface area contributed by atoms with Gasteiger partial charge in [0.15, 0.2) is 0 Å². The molecule has 2 rings (SSSR count). The summed E-state index contributed by atoms with van der Waals surface area (Å²) >= 11 is 6.14. The highest BCUT2D eigenvalue weighted by atomic mass is 35.5. The van der Waals surface area contributed by atoms with Gasteiger partial charge in [-0.25, -0.2) is 14.6 Å². The maximum absolute atomic E-state index is 12.3. The molecule has 1 aromatic heterocycles. The normalized spacial score (nSPS) is 10.4. The molecule has 0 aliphatic rings. The second-order valence-electron chi connectivity index (χ2n) is 4.90. The van der Waals surface area contributed by atoms with Crippen molar-refractivity contribution in [3.05, 3.63) is 40.5 Å². The molecule has 0 spiro atoms. The van der Waals surface area contributed by atoms with E-state index in [0.29, 0.717) is 5.56 Å². The SMILES string of the molecule is CCOC(=O)c1c(Cl)nc(-c2ccc(O)cc2)c(N)c1C(=O)OCC. The van der Waals surface area contributed by atoms with Crippen LogP contribution in [-0.4, -0.2) is 35.2 Å². The van der Waals surface area contributed by atoms with Crippen molar-refractivity contribution in [2.24, 2.45) is 0 Å². The van der Waals surface area contributed by atoms with Crippen molar-refractivity contribution >= 4 is 29.2 Å². The standard InChI is InChI=1S/C17H17ClN2O5/c1-3-24-16(22)11-12(17(23)25-4-2)15(18)20-14(13(11)19)9-5-7-10(21)8-6-9/h5-8,21H,3-4,19H2,1-2H3. The Labute approximate surface area is 149 Å². The third kappa shape index (κ3) is 3.83. The number of anilines is 1. The first kappa shape index (κ1) is 18.5. The van der Waals surface area contributed by atoms with E-state index in [9.17, 15) is 14.7 Å². The van der Waals surface area contributed by atoms with Crippen molar-refractivity contribution in [3.63, 3.8) is 0 Å². The van der Waals surface area contributed by atoms with E-state index in [-0.39, 0.29) is 46.6 Å². The number of carbonyl (C=O) groups is 2. The number of aromatic hydroxyl groups is 1. The van der Waals surface area contributed by atoms with Crippen LogP contribution in [0.1, 0.15) is 34.6 Å². The van der Waals surface area contributed by atoms with E-state index in [1.807, 2.05) is 0 Å². The minimum atomic E-state index is -0.813. The fourth-order valence-corrected chi connectivity index (χ4v) is 2.47. The zero-order chi connectivity index (χ0) is 18.6. The summed E-state index contributed by atoms with van der Waals surface area (Å²) in [5.74, 6) is -1.55. The summed E-state index contributed by atoms with van der Waals surface area (Å²) in [4.78, 5) is 28.7. The van der Waals surface area contributed by atoms with Crippen molar-refractivity contribution in [1.82, 2.24) is 4.98 Å². The Morgan fingerprint density at radius 1 is 1.08 bits per heavy atom. The second-order valence-corrected chi connectivity index (χ2v) is 5.26. The van der Waals surface area contributed by atoms with Crippen LogP contribution in [0.5, 0.6) is 5.75 Å². The molecular weight excluding hydrogens is 348 g/mol. The highest BCUT2D eigenvalue weighted by Gasteiger charge is 2.29.